The third kappa shape index (κ3) is 6.49. The SMILES string of the molecule is CC(C)NC(=O)C(Cc1ccccc1)N(Cc1cccc(Cl)c1)C(=O)CCN1C(=O)c2ccccc2S1(=O)=O. The van der Waals surface area contributed by atoms with E-state index in [2.05, 4.69) is 5.32 Å². The lowest BCUT2D eigenvalue weighted by atomic mass is 10.0. The van der Waals surface area contributed by atoms with E-state index in [0.29, 0.717) is 10.6 Å². The van der Waals surface area contributed by atoms with Gasteiger partial charge < -0.3 is 10.2 Å². The fourth-order valence-corrected chi connectivity index (χ4v) is 6.34. The van der Waals surface area contributed by atoms with E-state index in [0.717, 1.165) is 9.87 Å². The Bertz CT molecular complexity index is 1480. The second kappa shape index (κ2) is 12.0. The van der Waals surface area contributed by atoms with E-state index in [1.54, 1.807) is 36.4 Å². The number of benzene rings is 3. The van der Waals surface area contributed by atoms with Gasteiger partial charge in [0.25, 0.3) is 15.9 Å². The highest BCUT2D eigenvalue weighted by molar-refractivity contribution is 7.90. The van der Waals surface area contributed by atoms with E-state index in [-0.39, 0.29) is 48.3 Å². The monoisotopic (exact) mass is 567 g/mol. The van der Waals surface area contributed by atoms with Gasteiger partial charge in [-0.3, -0.25) is 14.4 Å². The van der Waals surface area contributed by atoms with Crippen molar-refractivity contribution in [3.63, 3.8) is 0 Å². The molecule has 0 spiro atoms. The van der Waals surface area contributed by atoms with E-state index in [4.69, 9.17) is 11.6 Å². The Morgan fingerprint density at radius 1 is 0.949 bits per heavy atom. The second-order valence-electron chi connectivity index (χ2n) is 9.65. The third-order valence-corrected chi connectivity index (χ3v) is 8.46. The molecule has 0 fully saturated rings. The van der Waals surface area contributed by atoms with Gasteiger partial charge in [0.15, 0.2) is 0 Å². The largest absolute Gasteiger partial charge is 0.352 e. The number of amides is 3. The zero-order chi connectivity index (χ0) is 28.2. The van der Waals surface area contributed by atoms with Gasteiger partial charge in [-0.2, -0.15) is 0 Å². The molecule has 0 aliphatic carbocycles. The minimum absolute atomic E-state index is 0.0727. The lowest BCUT2D eigenvalue weighted by molar-refractivity contribution is -0.141. The van der Waals surface area contributed by atoms with Gasteiger partial charge in [-0.1, -0.05) is 66.2 Å². The maximum atomic E-state index is 13.8. The summed E-state index contributed by atoms with van der Waals surface area (Å²) in [5.41, 5.74) is 1.65. The average Bonchev–Trinajstić information content (AvgIpc) is 3.09. The molecule has 0 bridgehead atoms. The summed E-state index contributed by atoms with van der Waals surface area (Å²) in [5.74, 6) is -1.46. The van der Waals surface area contributed by atoms with Crippen molar-refractivity contribution < 1.29 is 22.8 Å². The van der Waals surface area contributed by atoms with Gasteiger partial charge in [-0.15, -0.1) is 0 Å². The Balaban J connectivity index is 1.64. The number of carbonyl (C=O) groups is 3. The summed E-state index contributed by atoms with van der Waals surface area (Å²) in [6.07, 6.45) is -0.0438. The summed E-state index contributed by atoms with van der Waals surface area (Å²) in [4.78, 5) is 41.5. The number of fused-ring (bicyclic) bond motifs is 1. The van der Waals surface area contributed by atoms with Crippen LogP contribution in [0.4, 0.5) is 0 Å². The minimum atomic E-state index is -4.07. The van der Waals surface area contributed by atoms with Crippen LogP contribution in [0.25, 0.3) is 0 Å². The fraction of sp³-hybridized carbons (Fsp3) is 0.276. The van der Waals surface area contributed by atoms with Crippen LogP contribution in [0.2, 0.25) is 5.02 Å². The summed E-state index contributed by atoms with van der Waals surface area (Å²) in [6.45, 7) is 3.40. The van der Waals surface area contributed by atoms with Crippen LogP contribution in [0, 0.1) is 0 Å². The van der Waals surface area contributed by atoms with E-state index in [1.807, 2.05) is 44.2 Å². The summed E-state index contributed by atoms with van der Waals surface area (Å²) >= 11 is 6.19. The van der Waals surface area contributed by atoms with Crippen molar-refractivity contribution in [3.05, 3.63) is 101 Å². The van der Waals surface area contributed by atoms with Gasteiger partial charge in [0.2, 0.25) is 11.8 Å². The molecule has 1 atom stereocenters. The summed E-state index contributed by atoms with van der Waals surface area (Å²) < 4.78 is 26.8. The van der Waals surface area contributed by atoms with Crippen LogP contribution in [0.1, 0.15) is 41.8 Å². The van der Waals surface area contributed by atoms with Crippen LogP contribution < -0.4 is 5.32 Å². The first-order valence-electron chi connectivity index (χ1n) is 12.6. The van der Waals surface area contributed by atoms with Crippen LogP contribution in [-0.4, -0.2) is 54.0 Å². The maximum absolute atomic E-state index is 13.8. The first kappa shape index (κ1) is 28.3. The van der Waals surface area contributed by atoms with Crippen LogP contribution in [0.15, 0.2) is 83.8 Å². The zero-order valence-corrected chi connectivity index (χ0v) is 23.3. The molecule has 39 heavy (non-hydrogen) atoms. The first-order valence-corrected chi connectivity index (χ1v) is 14.4. The Hall–Kier alpha value is -3.69. The number of hydrogen-bond acceptors (Lipinski definition) is 5. The number of rotatable bonds is 10. The zero-order valence-electron chi connectivity index (χ0n) is 21.7. The fourth-order valence-electron chi connectivity index (χ4n) is 4.56. The Kier molecular flexibility index (Phi) is 8.72. The molecule has 0 saturated carbocycles. The van der Waals surface area contributed by atoms with Gasteiger partial charge in [0.05, 0.1) is 5.56 Å². The Morgan fingerprint density at radius 3 is 2.28 bits per heavy atom. The predicted molar refractivity (Wildman–Crippen MR) is 148 cm³/mol. The standard InChI is InChI=1S/C29H30ClN3O5S/c1-20(2)31-28(35)25(18-21-9-4-3-5-10-21)32(19-22-11-8-12-23(30)17-22)27(34)15-16-33-29(36)24-13-6-7-14-26(24)39(33,37)38/h3-14,17,20,25H,15-16,18-19H2,1-2H3,(H,31,35). The number of sulfonamides is 1. The van der Waals surface area contributed by atoms with Crippen LogP contribution >= 0.6 is 11.6 Å². The third-order valence-electron chi connectivity index (χ3n) is 6.38. The van der Waals surface area contributed by atoms with E-state index >= 15 is 0 Å². The maximum Gasteiger partial charge on any atom is 0.269 e. The predicted octanol–water partition coefficient (Wildman–Crippen LogP) is 4.04. The normalized spacial score (nSPS) is 14.7. The minimum Gasteiger partial charge on any atom is -0.352 e. The molecule has 3 amide bonds. The summed E-state index contributed by atoms with van der Waals surface area (Å²) in [6, 6.07) is 21.3. The molecule has 0 aromatic heterocycles. The Labute approximate surface area is 233 Å². The first-order chi connectivity index (χ1) is 18.6. The Morgan fingerprint density at radius 2 is 1.62 bits per heavy atom. The van der Waals surface area contributed by atoms with Gasteiger partial charge >= 0.3 is 0 Å². The average molecular weight is 568 g/mol. The number of carbonyl (C=O) groups excluding carboxylic acids is 3. The molecule has 1 unspecified atom stereocenters. The van der Waals surface area contributed by atoms with Crippen molar-refractivity contribution >= 4 is 39.3 Å². The van der Waals surface area contributed by atoms with Crippen molar-refractivity contribution in [1.29, 1.82) is 0 Å². The molecule has 204 valence electrons. The highest BCUT2D eigenvalue weighted by Gasteiger charge is 2.41. The van der Waals surface area contributed by atoms with E-state index in [1.165, 1.54) is 17.0 Å². The highest BCUT2D eigenvalue weighted by atomic mass is 35.5. The number of nitrogens with zero attached hydrogens (tertiary/aromatic N) is 2. The van der Waals surface area contributed by atoms with E-state index < -0.39 is 27.9 Å². The van der Waals surface area contributed by atoms with Crippen molar-refractivity contribution in [2.24, 2.45) is 0 Å². The second-order valence-corrected chi connectivity index (χ2v) is 11.9. The molecule has 1 aliphatic rings. The molecule has 10 heteroatoms. The summed E-state index contributed by atoms with van der Waals surface area (Å²) in [7, 11) is -4.07. The van der Waals surface area contributed by atoms with Gasteiger partial charge in [0, 0.05) is 37.0 Å². The summed E-state index contributed by atoms with van der Waals surface area (Å²) in [5, 5.41) is 3.39. The molecule has 8 nitrogen and oxygen atoms in total. The number of nitrogens with one attached hydrogen (secondary N) is 1. The molecule has 3 aromatic rings. The van der Waals surface area contributed by atoms with Crippen molar-refractivity contribution in [1.82, 2.24) is 14.5 Å². The van der Waals surface area contributed by atoms with Crippen LogP contribution in [-0.2, 0) is 32.6 Å². The topological polar surface area (TPSA) is 104 Å². The van der Waals surface area contributed by atoms with Gasteiger partial charge in [-0.25, -0.2) is 12.7 Å². The molecule has 3 aromatic carbocycles. The molecule has 4 rings (SSSR count). The lowest BCUT2D eigenvalue weighted by Crippen LogP contribution is -2.52. The molecule has 0 saturated heterocycles. The quantitative estimate of drug-likeness (QED) is 0.398. The number of hydrogen-bond donors (Lipinski definition) is 1. The molecule has 1 N–H and O–H groups in total. The van der Waals surface area contributed by atoms with Crippen molar-refractivity contribution in [2.45, 2.75) is 50.2 Å². The molecular formula is C29H30ClN3O5S. The molecule has 1 heterocycles. The highest BCUT2D eigenvalue weighted by Crippen LogP contribution is 2.30. The van der Waals surface area contributed by atoms with E-state index in [9.17, 15) is 22.8 Å². The van der Waals surface area contributed by atoms with Gasteiger partial charge in [-0.05, 0) is 49.2 Å². The van der Waals surface area contributed by atoms with Crippen LogP contribution in [0.5, 0.6) is 0 Å². The van der Waals surface area contributed by atoms with Crippen LogP contribution in [0.3, 0.4) is 0 Å². The smallest absolute Gasteiger partial charge is 0.269 e. The molecule has 1 aliphatic heterocycles. The molecular weight excluding hydrogens is 538 g/mol. The van der Waals surface area contributed by atoms with Crippen molar-refractivity contribution in [3.8, 4) is 0 Å². The molecule has 0 radical (unpaired) electrons. The number of halogens is 1. The van der Waals surface area contributed by atoms with Crippen molar-refractivity contribution in [2.75, 3.05) is 6.54 Å². The van der Waals surface area contributed by atoms with Gasteiger partial charge in [0.1, 0.15) is 10.9 Å². The lowest BCUT2D eigenvalue weighted by Gasteiger charge is -2.32.